The largest absolute Gasteiger partial charge is 0.333 e. The van der Waals surface area contributed by atoms with E-state index in [2.05, 4.69) is 25.3 Å². The molecule has 0 saturated heterocycles. The van der Waals surface area contributed by atoms with Crippen LogP contribution in [0.25, 0.3) is 23.1 Å². The van der Waals surface area contributed by atoms with Gasteiger partial charge in [-0.05, 0) is 6.07 Å². The van der Waals surface area contributed by atoms with Gasteiger partial charge >= 0.3 is 0 Å². The van der Waals surface area contributed by atoms with E-state index >= 15 is 0 Å². The maximum Gasteiger partial charge on any atom is 0.285 e. The highest BCUT2D eigenvalue weighted by Crippen LogP contribution is 2.31. The third-order valence-electron chi connectivity index (χ3n) is 2.52. The Balaban J connectivity index is 2.12. The van der Waals surface area contributed by atoms with Gasteiger partial charge in [-0.25, -0.2) is 13.8 Å². The lowest BCUT2D eigenvalue weighted by Crippen LogP contribution is -1.96. The molecular formula is C10H4F2N6O3. The third kappa shape index (κ3) is 2.20. The average molecular weight is 294 g/mol. The number of H-pyrrole nitrogens is 1. The van der Waals surface area contributed by atoms with Crippen molar-refractivity contribution < 1.29 is 18.2 Å². The maximum atomic E-state index is 13.3. The first-order valence-electron chi connectivity index (χ1n) is 5.39. The number of hydrogen-bond acceptors (Lipinski definition) is 7. The van der Waals surface area contributed by atoms with Gasteiger partial charge in [0, 0.05) is 0 Å². The van der Waals surface area contributed by atoms with E-state index < -0.39 is 22.2 Å². The number of nitrogens with zero attached hydrogens (tertiary/aromatic N) is 5. The molecule has 3 aromatic rings. The van der Waals surface area contributed by atoms with E-state index in [0.717, 1.165) is 0 Å². The van der Waals surface area contributed by atoms with Gasteiger partial charge in [0.1, 0.15) is 11.9 Å². The van der Waals surface area contributed by atoms with Gasteiger partial charge in [0.25, 0.3) is 11.6 Å². The van der Waals surface area contributed by atoms with Crippen molar-refractivity contribution in [2.75, 3.05) is 0 Å². The van der Waals surface area contributed by atoms with Crippen molar-refractivity contribution in [3.63, 3.8) is 0 Å². The third-order valence-corrected chi connectivity index (χ3v) is 2.52. The maximum absolute atomic E-state index is 13.3. The molecule has 0 aliphatic carbocycles. The molecule has 0 bridgehead atoms. The monoisotopic (exact) mass is 294 g/mol. The molecule has 0 aliphatic heterocycles. The molecule has 0 aliphatic rings. The lowest BCUT2D eigenvalue weighted by atomic mass is 10.1. The van der Waals surface area contributed by atoms with Crippen LogP contribution in [0.5, 0.6) is 0 Å². The standard InChI is InChI=1S/C10H4F2N6O3/c11-5-1-4(7(18(19)20)2-6(5)12)10-15-9(17-21-10)8-13-3-14-16-8/h1-3H,(H,13,14,16). The lowest BCUT2D eigenvalue weighted by molar-refractivity contribution is -0.384. The number of aromatic nitrogens is 5. The Labute approximate surface area is 113 Å². The van der Waals surface area contributed by atoms with Crippen molar-refractivity contribution in [1.29, 1.82) is 0 Å². The SMILES string of the molecule is O=[N+]([O-])c1cc(F)c(F)cc1-c1nc(-c2ncn[nH]2)no1. The van der Waals surface area contributed by atoms with Crippen molar-refractivity contribution in [2.45, 2.75) is 0 Å². The summed E-state index contributed by atoms with van der Waals surface area (Å²) in [5, 5.41) is 20.5. The smallest absolute Gasteiger partial charge is 0.285 e. The minimum Gasteiger partial charge on any atom is -0.333 e. The summed E-state index contributed by atoms with van der Waals surface area (Å²) in [4.78, 5) is 17.6. The van der Waals surface area contributed by atoms with E-state index in [4.69, 9.17) is 4.52 Å². The van der Waals surface area contributed by atoms with Crippen LogP contribution < -0.4 is 0 Å². The van der Waals surface area contributed by atoms with E-state index in [0.29, 0.717) is 12.1 Å². The van der Waals surface area contributed by atoms with Crippen LogP contribution in [0.3, 0.4) is 0 Å². The second-order valence-corrected chi connectivity index (χ2v) is 3.80. The van der Waals surface area contributed by atoms with Gasteiger partial charge in [0.2, 0.25) is 5.82 Å². The highest BCUT2D eigenvalue weighted by Gasteiger charge is 2.24. The second kappa shape index (κ2) is 4.70. The number of hydrogen-bond donors (Lipinski definition) is 1. The Kier molecular flexibility index (Phi) is 2.86. The molecule has 21 heavy (non-hydrogen) atoms. The van der Waals surface area contributed by atoms with Gasteiger partial charge in [-0.2, -0.15) is 10.1 Å². The molecule has 2 aromatic heterocycles. The summed E-state index contributed by atoms with van der Waals surface area (Å²) in [5.74, 6) is -2.82. The van der Waals surface area contributed by atoms with Crippen LogP contribution in [0.1, 0.15) is 0 Å². The topological polar surface area (TPSA) is 124 Å². The fraction of sp³-hybridized carbons (Fsp3) is 0. The Bertz CT molecular complexity index is 816. The summed E-state index contributed by atoms with van der Waals surface area (Å²) in [7, 11) is 0. The zero-order valence-corrected chi connectivity index (χ0v) is 9.95. The van der Waals surface area contributed by atoms with Crippen molar-refractivity contribution in [2.24, 2.45) is 0 Å². The van der Waals surface area contributed by atoms with Crippen LogP contribution in [0.15, 0.2) is 23.0 Å². The van der Waals surface area contributed by atoms with Gasteiger partial charge < -0.3 is 4.52 Å². The molecular weight excluding hydrogens is 290 g/mol. The molecule has 0 atom stereocenters. The second-order valence-electron chi connectivity index (χ2n) is 3.80. The first kappa shape index (κ1) is 12.8. The van der Waals surface area contributed by atoms with Crippen LogP contribution in [-0.4, -0.2) is 30.2 Å². The molecule has 3 rings (SSSR count). The Morgan fingerprint density at radius 3 is 2.71 bits per heavy atom. The summed E-state index contributed by atoms with van der Waals surface area (Å²) in [6.07, 6.45) is 1.20. The Morgan fingerprint density at radius 2 is 2.05 bits per heavy atom. The number of nitro groups is 1. The van der Waals surface area contributed by atoms with Crippen molar-refractivity contribution in [1.82, 2.24) is 25.3 Å². The molecule has 2 heterocycles. The molecule has 0 fully saturated rings. The number of rotatable bonds is 3. The minimum atomic E-state index is -1.35. The quantitative estimate of drug-likeness (QED) is 0.575. The highest BCUT2D eigenvalue weighted by atomic mass is 19.2. The predicted molar refractivity (Wildman–Crippen MR) is 61.7 cm³/mol. The Hall–Kier alpha value is -3.24. The molecule has 0 spiro atoms. The van der Waals surface area contributed by atoms with Gasteiger partial charge in [-0.3, -0.25) is 15.2 Å². The minimum absolute atomic E-state index is 0.0264. The number of halogens is 2. The number of benzene rings is 1. The van der Waals surface area contributed by atoms with Crippen molar-refractivity contribution in [3.05, 3.63) is 40.2 Å². The van der Waals surface area contributed by atoms with E-state index in [1.165, 1.54) is 6.33 Å². The first-order valence-corrected chi connectivity index (χ1v) is 5.39. The van der Waals surface area contributed by atoms with E-state index in [1.54, 1.807) is 0 Å². The summed E-state index contributed by atoms with van der Waals surface area (Å²) < 4.78 is 31.2. The van der Waals surface area contributed by atoms with Crippen LogP contribution in [-0.2, 0) is 0 Å². The number of nitrogens with one attached hydrogen (secondary N) is 1. The predicted octanol–water partition coefficient (Wildman–Crippen LogP) is 1.71. The molecule has 11 heteroatoms. The lowest BCUT2D eigenvalue weighted by Gasteiger charge is -1.99. The van der Waals surface area contributed by atoms with Crippen LogP contribution in [0.2, 0.25) is 0 Å². The van der Waals surface area contributed by atoms with Gasteiger partial charge in [0.15, 0.2) is 17.5 Å². The molecule has 0 radical (unpaired) electrons. The van der Waals surface area contributed by atoms with Crippen molar-refractivity contribution >= 4 is 5.69 Å². The van der Waals surface area contributed by atoms with E-state index in [1.807, 2.05) is 0 Å². The summed E-state index contributed by atoms with van der Waals surface area (Å²) >= 11 is 0. The van der Waals surface area contributed by atoms with Crippen LogP contribution in [0, 0.1) is 21.7 Å². The molecule has 1 N–H and O–H groups in total. The fourth-order valence-corrected chi connectivity index (χ4v) is 1.60. The first-order chi connectivity index (χ1) is 10.1. The Morgan fingerprint density at radius 1 is 1.29 bits per heavy atom. The summed E-state index contributed by atoms with van der Waals surface area (Å²) in [6, 6.07) is 1.06. The molecule has 0 unspecified atom stereocenters. The van der Waals surface area contributed by atoms with E-state index in [9.17, 15) is 18.9 Å². The molecule has 106 valence electrons. The molecule has 0 amide bonds. The molecule has 1 aromatic carbocycles. The van der Waals surface area contributed by atoms with Crippen molar-refractivity contribution in [3.8, 4) is 23.1 Å². The molecule has 0 saturated carbocycles. The van der Waals surface area contributed by atoms with Gasteiger partial charge in [-0.1, -0.05) is 5.16 Å². The zero-order chi connectivity index (χ0) is 15.0. The number of nitro benzene ring substituents is 1. The average Bonchev–Trinajstić information content (AvgIpc) is 3.10. The molecule has 9 nitrogen and oxygen atoms in total. The van der Waals surface area contributed by atoms with Gasteiger partial charge in [-0.15, -0.1) is 0 Å². The summed E-state index contributed by atoms with van der Waals surface area (Å²) in [5.41, 5.74) is -1.03. The van der Waals surface area contributed by atoms with E-state index in [-0.39, 0.29) is 23.1 Å². The highest BCUT2D eigenvalue weighted by molar-refractivity contribution is 5.67. The fourth-order valence-electron chi connectivity index (χ4n) is 1.60. The summed E-state index contributed by atoms with van der Waals surface area (Å²) in [6.45, 7) is 0. The van der Waals surface area contributed by atoms with Crippen LogP contribution in [0.4, 0.5) is 14.5 Å². The van der Waals surface area contributed by atoms with Crippen LogP contribution >= 0.6 is 0 Å². The van der Waals surface area contributed by atoms with Gasteiger partial charge in [0.05, 0.1) is 11.0 Å². The normalized spacial score (nSPS) is 10.8. The number of aromatic amines is 1. The zero-order valence-electron chi connectivity index (χ0n) is 9.95.